The fraction of sp³-hybridized carbons (Fsp3) is 0.444. The van der Waals surface area contributed by atoms with E-state index in [0.29, 0.717) is 31.1 Å². The van der Waals surface area contributed by atoms with Crippen LogP contribution >= 0.6 is 0 Å². The molecule has 2 rings (SSSR count). The molecular formula is C18H23NO6. The fourth-order valence-electron chi connectivity index (χ4n) is 2.70. The molecule has 0 saturated carbocycles. The van der Waals surface area contributed by atoms with Crippen LogP contribution in [0, 0.1) is 0 Å². The van der Waals surface area contributed by atoms with Crippen LogP contribution in [0.15, 0.2) is 30.9 Å². The molecule has 1 unspecified atom stereocenters. The van der Waals surface area contributed by atoms with Gasteiger partial charge in [0.1, 0.15) is 0 Å². The van der Waals surface area contributed by atoms with Gasteiger partial charge in [-0.25, -0.2) is 0 Å². The van der Waals surface area contributed by atoms with E-state index in [1.54, 1.807) is 12.1 Å². The zero-order valence-corrected chi connectivity index (χ0v) is 14.3. The van der Waals surface area contributed by atoms with Crippen LogP contribution in [0.5, 0.6) is 11.5 Å². The van der Waals surface area contributed by atoms with E-state index in [1.165, 1.54) is 12.0 Å². The quantitative estimate of drug-likeness (QED) is 0.716. The van der Waals surface area contributed by atoms with Crippen molar-refractivity contribution in [3.8, 4) is 11.5 Å². The number of morpholine rings is 1. The van der Waals surface area contributed by atoms with Crippen LogP contribution in [0.3, 0.4) is 0 Å². The van der Waals surface area contributed by atoms with E-state index in [0.717, 1.165) is 5.56 Å². The van der Waals surface area contributed by atoms with Crippen molar-refractivity contribution in [1.82, 2.24) is 4.90 Å². The Morgan fingerprint density at radius 2 is 2.24 bits per heavy atom. The molecule has 0 aliphatic carbocycles. The molecule has 0 aromatic heterocycles. The number of ether oxygens (including phenoxy) is 3. The molecule has 1 aromatic rings. The zero-order valence-electron chi connectivity index (χ0n) is 14.3. The molecule has 25 heavy (non-hydrogen) atoms. The number of carbonyl (C=O) groups excluding carboxylic acids is 1. The Morgan fingerprint density at radius 1 is 1.44 bits per heavy atom. The Labute approximate surface area is 146 Å². The highest BCUT2D eigenvalue weighted by atomic mass is 16.5. The van der Waals surface area contributed by atoms with Gasteiger partial charge in [-0.05, 0) is 24.1 Å². The van der Waals surface area contributed by atoms with Gasteiger partial charge in [0.2, 0.25) is 0 Å². The number of nitrogens with zero attached hydrogens (tertiary/aromatic N) is 1. The molecule has 0 radical (unpaired) electrons. The first-order chi connectivity index (χ1) is 12.0. The van der Waals surface area contributed by atoms with Gasteiger partial charge in [-0.1, -0.05) is 12.1 Å². The second kappa shape index (κ2) is 9.08. The van der Waals surface area contributed by atoms with E-state index in [1.807, 2.05) is 12.1 Å². The number of methoxy groups -OCH3 is 1. The van der Waals surface area contributed by atoms with Crippen molar-refractivity contribution in [2.24, 2.45) is 0 Å². The highest BCUT2D eigenvalue weighted by molar-refractivity contribution is 5.79. The molecule has 0 bridgehead atoms. The molecule has 136 valence electrons. The van der Waals surface area contributed by atoms with Gasteiger partial charge in [-0.3, -0.25) is 9.59 Å². The summed E-state index contributed by atoms with van der Waals surface area (Å²) in [5.74, 6) is -0.233. The van der Waals surface area contributed by atoms with Gasteiger partial charge in [0.25, 0.3) is 5.91 Å². The molecule has 1 amide bonds. The average Bonchev–Trinajstić information content (AvgIpc) is 2.60. The average molecular weight is 349 g/mol. The molecule has 0 spiro atoms. The Balaban J connectivity index is 2.00. The van der Waals surface area contributed by atoms with Gasteiger partial charge in [-0.2, -0.15) is 0 Å². The third kappa shape index (κ3) is 5.22. The van der Waals surface area contributed by atoms with E-state index in [9.17, 15) is 9.59 Å². The molecule has 1 saturated heterocycles. The van der Waals surface area contributed by atoms with Crippen molar-refractivity contribution in [2.45, 2.75) is 18.9 Å². The summed E-state index contributed by atoms with van der Waals surface area (Å²) in [6.45, 7) is 4.48. The summed E-state index contributed by atoms with van der Waals surface area (Å²) in [6.07, 6.45) is 2.35. The van der Waals surface area contributed by atoms with Crippen LogP contribution in [0.25, 0.3) is 0 Å². The monoisotopic (exact) mass is 349 g/mol. The summed E-state index contributed by atoms with van der Waals surface area (Å²) >= 11 is 0. The minimum atomic E-state index is -0.964. The lowest BCUT2D eigenvalue weighted by Crippen LogP contribution is -2.51. The molecule has 7 nitrogen and oxygen atoms in total. The van der Waals surface area contributed by atoms with Crippen molar-refractivity contribution in [3.05, 3.63) is 36.4 Å². The Bertz CT molecular complexity index is 630. The second-order valence-corrected chi connectivity index (χ2v) is 5.68. The predicted octanol–water partition coefficient (Wildman–Crippen LogP) is 1.50. The number of hydrogen-bond donors (Lipinski definition) is 1. The van der Waals surface area contributed by atoms with Crippen LogP contribution in [0.1, 0.15) is 12.0 Å². The van der Waals surface area contributed by atoms with Crippen molar-refractivity contribution >= 4 is 11.9 Å². The summed E-state index contributed by atoms with van der Waals surface area (Å²) in [6, 6.07) is 4.99. The largest absolute Gasteiger partial charge is 0.493 e. The van der Waals surface area contributed by atoms with Crippen LogP contribution in [-0.4, -0.2) is 61.4 Å². The standard InChI is InChI=1S/C18H23NO6/c1-3-4-13-5-6-15(16(9-13)23-2)25-12-17(20)19-7-8-24-11-14(19)10-18(21)22/h3,5-6,9,14H,1,4,7-8,10-12H2,2H3,(H,21,22). The first kappa shape index (κ1) is 18.8. The van der Waals surface area contributed by atoms with Gasteiger partial charge in [0.05, 0.1) is 32.8 Å². The molecule has 1 atom stereocenters. The predicted molar refractivity (Wildman–Crippen MR) is 91.0 cm³/mol. The van der Waals surface area contributed by atoms with Crippen molar-refractivity contribution < 1.29 is 28.9 Å². The van der Waals surface area contributed by atoms with Crippen molar-refractivity contribution in [2.75, 3.05) is 33.5 Å². The minimum Gasteiger partial charge on any atom is -0.493 e. The van der Waals surface area contributed by atoms with Crippen molar-refractivity contribution in [3.63, 3.8) is 0 Å². The SMILES string of the molecule is C=CCc1ccc(OCC(=O)N2CCOCC2CC(=O)O)c(OC)c1. The molecule has 7 heteroatoms. The number of rotatable bonds is 8. The maximum atomic E-state index is 12.4. The van der Waals surface area contributed by atoms with E-state index < -0.39 is 12.0 Å². The van der Waals surface area contributed by atoms with E-state index in [2.05, 4.69) is 6.58 Å². The highest BCUT2D eigenvalue weighted by Gasteiger charge is 2.29. The van der Waals surface area contributed by atoms with Gasteiger partial charge in [-0.15, -0.1) is 6.58 Å². The van der Waals surface area contributed by atoms with Crippen LogP contribution in [-0.2, 0) is 20.7 Å². The normalized spacial score (nSPS) is 17.0. The van der Waals surface area contributed by atoms with Gasteiger partial charge >= 0.3 is 5.97 Å². The number of amides is 1. The van der Waals surface area contributed by atoms with E-state index >= 15 is 0 Å². The Morgan fingerprint density at radius 3 is 2.92 bits per heavy atom. The number of benzene rings is 1. The number of hydrogen-bond acceptors (Lipinski definition) is 5. The number of carboxylic acid groups (broad SMARTS) is 1. The molecule has 1 aromatic carbocycles. The first-order valence-electron chi connectivity index (χ1n) is 8.04. The van der Waals surface area contributed by atoms with E-state index in [-0.39, 0.29) is 25.5 Å². The topological polar surface area (TPSA) is 85.3 Å². The first-order valence-corrected chi connectivity index (χ1v) is 8.04. The maximum Gasteiger partial charge on any atom is 0.305 e. The molecule has 1 aliphatic rings. The van der Waals surface area contributed by atoms with Crippen molar-refractivity contribution in [1.29, 1.82) is 0 Å². The smallest absolute Gasteiger partial charge is 0.305 e. The molecular weight excluding hydrogens is 326 g/mol. The molecule has 1 fully saturated rings. The third-order valence-electron chi connectivity index (χ3n) is 3.92. The van der Waals surface area contributed by atoms with Crippen LogP contribution in [0.2, 0.25) is 0 Å². The van der Waals surface area contributed by atoms with E-state index in [4.69, 9.17) is 19.3 Å². The molecule has 1 heterocycles. The number of allylic oxidation sites excluding steroid dienone is 1. The Hall–Kier alpha value is -2.54. The minimum absolute atomic E-state index is 0.148. The number of carbonyl (C=O) groups is 2. The van der Waals surface area contributed by atoms with Gasteiger partial charge < -0.3 is 24.2 Å². The van der Waals surface area contributed by atoms with Crippen LogP contribution < -0.4 is 9.47 Å². The number of aliphatic carboxylic acids is 1. The molecule has 1 aliphatic heterocycles. The third-order valence-corrected chi connectivity index (χ3v) is 3.92. The summed E-state index contributed by atoms with van der Waals surface area (Å²) < 4.78 is 16.2. The van der Waals surface area contributed by atoms with Crippen LogP contribution in [0.4, 0.5) is 0 Å². The van der Waals surface area contributed by atoms with Gasteiger partial charge in [0, 0.05) is 6.54 Å². The Kier molecular flexibility index (Phi) is 6.82. The summed E-state index contributed by atoms with van der Waals surface area (Å²) in [5.41, 5.74) is 1.03. The summed E-state index contributed by atoms with van der Waals surface area (Å²) in [7, 11) is 1.53. The molecule has 1 N–H and O–H groups in total. The summed E-state index contributed by atoms with van der Waals surface area (Å²) in [5, 5.41) is 8.96. The lowest BCUT2D eigenvalue weighted by molar-refractivity contribution is -0.147. The zero-order chi connectivity index (χ0) is 18.2. The summed E-state index contributed by atoms with van der Waals surface area (Å²) in [4.78, 5) is 24.9. The number of carboxylic acids is 1. The second-order valence-electron chi connectivity index (χ2n) is 5.68. The lowest BCUT2D eigenvalue weighted by atomic mass is 10.1. The van der Waals surface area contributed by atoms with Gasteiger partial charge in [0.15, 0.2) is 18.1 Å². The highest BCUT2D eigenvalue weighted by Crippen LogP contribution is 2.28. The fourth-order valence-corrected chi connectivity index (χ4v) is 2.70. The lowest BCUT2D eigenvalue weighted by Gasteiger charge is -2.34. The maximum absolute atomic E-state index is 12.4.